The molecule has 0 atom stereocenters. The Kier molecular flexibility index (Phi) is 8.29. The Morgan fingerprint density at radius 3 is 2.44 bits per heavy atom. The monoisotopic (exact) mass is 510 g/mol. The van der Waals surface area contributed by atoms with E-state index in [4.69, 9.17) is 5.73 Å². The first-order chi connectivity index (χ1) is 17.4. The van der Waals surface area contributed by atoms with Gasteiger partial charge in [-0.1, -0.05) is 30.4 Å². The maximum Gasteiger partial charge on any atom is 0.267 e. The van der Waals surface area contributed by atoms with E-state index in [-0.39, 0.29) is 11.8 Å². The minimum absolute atomic E-state index is 0.308. The van der Waals surface area contributed by atoms with Crippen molar-refractivity contribution in [1.29, 1.82) is 0 Å². The number of nitrogens with zero attached hydrogens (tertiary/aromatic N) is 3. The minimum atomic E-state index is -0.600. The van der Waals surface area contributed by atoms with Gasteiger partial charge in [-0.3, -0.25) is 14.5 Å². The number of hydrogen-bond donors (Lipinski definition) is 3. The van der Waals surface area contributed by atoms with Crippen molar-refractivity contribution in [3.63, 3.8) is 0 Å². The summed E-state index contributed by atoms with van der Waals surface area (Å²) in [6, 6.07) is 10.5. The van der Waals surface area contributed by atoms with E-state index in [0.717, 1.165) is 55.2 Å². The molecular weight excluding hydrogens is 479 g/mol. The highest BCUT2D eigenvalue weighted by Crippen LogP contribution is 2.23. The average Bonchev–Trinajstić information content (AvgIpc) is 3.33. The molecule has 0 radical (unpaired) electrons. The van der Waals surface area contributed by atoms with Crippen molar-refractivity contribution in [1.82, 2.24) is 14.8 Å². The molecule has 0 unspecified atom stereocenters. The molecule has 8 nitrogen and oxygen atoms in total. The molecule has 2 heterocycles. The lowest BCUT2D eigenvalue weighted by Gasteiger charge is -2.34. The van der Waals surface area contributed by atoms with Crippen molar-refractivity contribution in [3.05, 3.63) is 69.7 Å². The van der Waals surface area contributed by atoms with Crippen molar-refractivity contribution >= 4 is 39.7 Å². The van der Waals surface area contributed by atoms with E-state index in [9.17, 15) is 14.0 Å². The first-order valence-corrected chi connectivity index (χ1v) is 12.7. The number of alkyl halides is 1. The van der Waals surface area contributed by atoms with Gasteiger partial charge in [0.05, 0.1) is 6.20 Å². The van der Waals surface area contributed by atoms with Gasteiger partial charge >= 0.3 is 0 Å². The van der Waals surface area contributed by atoms with Gasteiger partial charge in [-0.2, -0.15) is 0 Å². The molecule has 4 rings (SSSR count). The third-order valence-corrected chi connectivity index (χ3v) is 7.23. The molecule has 0 bridgehead atoms. The molecule has 4 N–H and O–H groups in total. The number of carbonyl (C=O) groups is 2. The highest BCUT2D eigenvalue weighted by Gasteiger charge is 2.18. The van der Waals surface area contributed by atoms with Crippen LogP contribution in [0.1, 0.15) is 43.6 Å². The molecule has 10 heteroatoms. The van der Waals surface area contributed by atoms with Crippen LogP contribution >= 0.6 is 11.3 Å². The smallest absolute Gasteiger partial charge is 0.267 e. The number of carbonyl (C=O) groups excluding carboxylic acids is 2. The van der Waals surface area contributed by atoms with Crippen LogP contribution in [-0.4, -0.2) is 59.3 Å². The minimum Gasteiger partial charge on any atom is -0.375 e. The van der Waals surface area contributed by atoms with Crippen LogP contribution in [0, 0.1) is 6.92 Å². The number of piperazine rings is 1. The number of aromatic nitrogens is 1. The Morgan fingerprint density at radius 1 is 1.03 bits per heavy atom. The van der Waals surface area contributed by atoms with Gasteiger partial charge in [0.25, 0.3) is 11.8 Å². The summed E-state index contributed by atoms with van der Waals surface area (Å²) in [5.41, 5.74) is 9.34. The van der Waals surface area contributed by atoms with Crippen molar-refractivity contribution < 1.29 is 14.0 Å². The molecule has 2 aromatic carbocycles. The topological polar surface area (TPSA) is 104 Å². The van der Waals surface area contributed by atoms with E-state index in [1.54, 1.807) is 30.3 Å². The van der Waals surface area contributed by atoms with Crippen LogP contribution in [0.4, 0.5) is 20.9 Å². The molecule has 36 heavy (non-hydrogen) atoms. The second-order valence-electron chi connectivity index (χ2n) is 8.83. The molecule has 1 aromatic heterocycles. The molecule has 1 saturated heterocycles. The van der Waals surface area contributed by atoms with Crippen LogP contribution < -0.4 is 16.4 Å². The standard InChI is InChI=1S/C26H31FN6O2S/c1-3-32-8-10-33(11-9-32)16-19-6-7-21(12-20(19)14-27)30-24(34)18-5-4-17(2)22(13-18)31-25(35)23-15-29-26(28)36-23/h4-7,12-13,15H,3,8-11,14,16H2,1-2H3,(H2,28,29)(H,30,34)(H,31,35). The lowest BCUT2D eigenvalue weighted by atomic mass is 10.1. The number of rotatable bonds is 8. The van der Waals surface area contributed by atoms with E-state index in [1.807, 2.05) is 13.0 Å². The maximum atomic E-state index is 13.9. The fourth-order valence-electron chi connectivity index (χ4n) is 4.16. The van der Waals surface area contributed by atoms with E-state index in [1.165, 1.54) is 6.20 Å². The van der Waals surface area contributed by atoms with Crippen LogP contribution in [0.2, 0.25) is 0 Å². The Bertz CT molecular complexity index is 1240. The number of thiazole rings is 1. The number of nitrogens with one attached hydrogen (secondary N) is 2. The zero-order valence-corrected chi connectivity index (χ0v) is 21.3. The Balaban J connectivity index is 1.42. The number of hydrogen-bond acceptors (Lipinski definition) is 7. The van der Waals surface area contributed by atoms with Crippen molar-refractivity contribution in [2.75, 3.05) is 49.1 Å². The van der Waals surface area contributed by atoms with E-state index >= 15 is 0 Å². The van der Waals surface area contributed by atoms with Gasteiger partial charge in [-0.05, 0) is 54.4 Å². The first-order valence-electron chi connectivity index (χ1n) is 11.9. The number of halogens is 1. The van der Waals surface area contributed by atoms with Crippen molar-refractivity contribution in [2.45, 2.75) is 27.1 Å². The number of anilines is 3. The second kappa shape index (κ2) is 11.6. The third-order valence-electron chi connectivity index (χ3n) is 6.41. The zero-order chi connectivity index (χ0) is 25.7. The predicted molar refractivity (Wildman–Crippen MR) is 142 cm³/mol. The Morgan fingerprint density at radius 2 is 1.78 bits per heavy atom. The second-order valence-corrected chi connectivity index (χ2v) is 9.89. The molecule has 1 aliphatic rings. The summed E-state index contributed by atoms with van der Waals surface area (Å²) in [6.07, 6.45) is 1.42. The first kappa shape index (κ1) is 25.7. The fraction of sp³-hybridized carbons (Fsp3) is 0.346. The Hall–Kier alpha value is -3.34. The van der Waals surface area contributed by atoms with Gasteiger partial charge in [-0.25, -0.2) is 9.37 Å². The fourth-order valence-corrected chi connectivity index (χ4v) is 4.74. The summed E-state index contributed by atoms with van der Waals surface area (Å²) < 4.78 is 13.9. The molecule has 0 spiro atoms. The number of nitrogen functional groups attached to an aromatic ring is 1. The van der Waals surface area contributed by atoms with Crippen LogP contribution in [0.5, 0.6) is 0 Å². The quantitative estimate of drug-likeness (QED) is 0.421. The number of benzene rings is 2. The molecular formula is C26H31FN6O2S. The maximum absolute atomic E-state index is 13.9. The molecule has 1 fully saturated rings. The largest absolute Gasteiger partial charge is 0.375 e. The van der Waals surface area contributed by atoms with Gasteiger partial charge in [0.15, 0.2) is 5.13 Å². The highest BCUT2D eigenvalue weighted by molar-refractivity contribution is 7.17. The normalized spacial score (nSPS) is 14.5. The molecule has 1 aliphatic heterocycles. The van der Waals surface area contributed by atoms with Crippen molar-refractivity contribution in [2.24, 2.45) is 0 Å². The number of amides is 2. The van der Waals surface area contributed by atoms with E-state index in [0.29, 0.717) is 39.1 Å². The summed E-state index contributed by atoms with van der Waals surface area (Å²) in [4.78, 5) is 34.4. The third kappa shape index (κ3) is 6.26. The summed E-state index contributed by atoms with van der Waals surface area (Å²) in [6.45, 7) is 9.10. The van der Waals surface area contributed by atoms with Crippen LogP contribution in [0.3, 0.4) is 0 Å². The van der Waals surface area contributed by atoms with E-state index < -0.39 is 6.67 Å². The summed E-state index contributed by atoms with van der Waals surface area (Å²) >= 11 is 1.09. The molecule has 0 aliphatic carbocycles. The Labute approximate surface area is 214 Å². The van der Waals surface area contributed by atoms with Gasteiger partial charge in [0.1, 0.15) is 11.6 Å². The zero-order valence-electron chi connectivity index (χ0n) is 20.5. The van der Waals surface area contributed by atoms with Gasteiger partial charge in [-0.15, -0.1) is 0 Å². The van der Waals surface area contributed by atoms with Crippen LogP contribution in [0.15, 0.2) is 42.6 Å². The van der Waals surface area contributed by atoms with Crippen LogP contribution in [0.25, 0.3) is 0 Å². The van der Waals surface area contributed by atoms with Gasteiger partial charge in [0, 0.05) is 49.7 Å². The molecule has 2 amide bonds. The van der Waals surface area contributed by atoms with Crippen LogP contribution in [-0.2, 0) is 13.2 Å². The highest BCUT2D eigenvalue weighted by atomic mass is 32.1. The number of likely N-dealkylation sites (N-methyl/N-ethyl adjacent to an activating group) is 1. The average molecular weight is 511 g/mol. The lowest BCUT2D eigenvalue weighted by molar-refractivity contribution is 0.101. The summed E-state index contributed by atoms with van der Waals surface area (Å²) in [5.74, 6) is -0.690. The summed E-state index contributed by atoms with van der Waals surface area (Å²) in [7, 11) is 0. The number of aryl methyl sites for hydroxylation is 1. The van der Waals surface area contributed by atoms with Gasteiger partial charge < -0.3 is 21.3 Å². The lowest BCUT2D eigenvalue weighted by Crippen LogP contribution is -2.45. The SMILES string of the molecule is CCN1CCN(Cc2ccc(NC(=O)c3ccc(C)c(NC(=O)c4cnc(N)s4)c3)cc2CF)CC1. The van der Waals surface area contributed by atoms with Crippen molar-refractivity contribution in [3.8, 4) is 0 Å². The molecule has 0 saturated carbocycles. The molecule has 190 valence electrons. The van der Waals surface area contributed by atoms with Gasteiger partial charge in [0.2, 0.25) is 0 Å². The van der Waals surface area contributed by atoms with E-state index in [2.05, 4.69) is 32.3 Å². The summed E-state index contributed by atoms with van der Waals surface area (Å²) in [5, 5.41) is 5.97. The predicted octanol–water partition coefficient (Wildman–Crippen LogP) is 4.15. The number of nitrogens with two attached hydrogens (primary N) is 1. The molecule has 3 aromatic rings.